The number of rotatable bonds is 15. The molecule has 2 unspecified atom stereocenters. The Morgan fingerprint density at radius 3 is 1.74 bits per heavy atom. The number of esters is 1. The van der Waals surface area contributed by atoms with Crippen molar-refractivity contribution in [3.8, 4) is 17.2 Å². The monoisotopic (exact) mass is 580 g/mol. The second-order valence-electron chi connectivity index (χ2n) is 10.1. The van der Waals surface area contributed by atoms with E-state index >= 15 is 0 Å². The first-order chi connectivity index (χ1) is 20.3. The van der Waals surface area contributed by atoms with E-state index in [9.17, 15) is 9.59 Å². The number of carbonyl (C=O) groups is 2. The topological polar surface area (TPSA) is 121 Å². The van der Waals surface area contributed by atoms with Gasteiger partial charge in [-0.15, -0.1) is 0 Å². The van der Waals surface area contributed by atoms with Gasteiger partial charge in [0, 0.05) is 19.6 Å². The van der Waals surface area contributed by atoms with E-state index < -0.39 is 12.1 Å². The SMILES string of the molecule is CCOC(=O)CC(OC)c1ccc(O)cc1.COC(CC(=O)O)c1ccc(OCC2(COc3ccccc3)CC2)cc1. The molecule has 3 aromatic carbocycles. The van der Waals surface area contributed by atoms with E-state index in [1.807, 2.05) is 54.6 Å². The third-order valence-corrected chi connectivity index (χ3v) is 6.89. The van der Waals surface area contributed by atoms with Crippen LogP contribution >= 0.6 is 0 Å². The first-order valence-electron chi connectivity index (χ1n) is 13.9. The summed E-state index contributed by atoms with van der Waals surface area (Å²) < 4.78 is 27.1. The average molecular weight is 581 g/mol. The summed E-state index contributed by atoms with van der Waals surface area (Å²) in [5.41, 5.74) is 1.76. The van der Waals surface area contributed by atoms with Crippen LogP contribution in [0.2, 0.25) is 0 Å². The van der Waals surface area contributed by atoms with Crippen LogP contribution in [0.3, 0.4) is 0 Å². The first kappa shape index (κ1) is 32.4. The molecule has 2 atom stereocenters. The Morgan fingerprint density at radius 2 is 1.26 bits per heavy atom. The minimum absolute atomic E-state index is 0.0589. The van der Waals surface area contributed by atoms with Gasteiger partial charge in [0.05, 0.1) is 44.9 Å². The second kappa shape index (κ2) is 16.4. The first-order valence-corrected chi connectivity index (χ1v) is 13.9. The normalized spacial score (nSPS) is 14.5. The van der Waals surface area contributed by atoms with Crippen molar-refractivity contribution in [2.45, 2.75) is 44.8 Å². The van der Waals surface area contributed by atoms with Crippen molar-refractivity contribution in [2.24, 2.45) is 5.41 Å². The smallest absolute Gasteiger partial charge is 0.308 e. The molecule has 0 bridgehead atoms. The van der Waals surface area contributed by atoms with E-state index in [-0.39, 0.29) is 36.1 Å². The van der Waals surface area contributed by atoms with Crippen LogP contribution in [0.1, 0.15) is 55.9 Å². The summed E-state index contributed by atoms with van der Waals surface area (Å²) in [6.07, 6.45) is 1.53. The summed E-state index contributed by atoms with van der Waals surface area (Å²) in [5, 5.41) is 18.1. The van der Waals surface area contributed by atoms with E-state index in [2.05, 4.69) is 0 Å². The number of phenols is 1. The van der Waals surface area contributed by atoms with Crippen molar-refractivity contribution < 1.29 is 43.5 Å². The molecular weight excluding hydrogens is 540 g/mol. The van der Waals surface area contributed by atoms with Crippen molar-refractivity contribution in [2.75, 3.05) is 34.0 Å². The largest absolute Gasteiger partial charge is 0.508 e. The Balaban J connectivity index is 0.000000260. The van der Waals surface area contributed by atoms with Crippen molar-refractivity contribution in [3.63, 3.8) is 0 Å². The molecule has 1 aliphatic carbocycles. The summed E-state index contributed by atoms with van der Waals surface area (Å²) >= 11 is 0. The fourth-order valence-electron chi connectivity index (χ4n) is 4.17. The number of ether oxygens (including phenoxy) is 5. The molecule has 226 valence electrons. The van der Waals surface area contributed by atoms with Gasteiger partial charge in [0.1, 0.15) is 17.2 Å². The van der Waals surface area contributed by atoms with Gasteiger partial charge in [-0.05, 0) is 67.3 Å². The van der Waals surface area contributed by atoms with Crippen molar-refractivity contribution in [1.82, 2.24) is 0 Å². The standard InChI is InChI=1S/C21H24O5.C12H16O4/c1-24-19(13-20(22)23)16-7-9-18(10-8-16)26-15-21(11-12-21)14-25-17-5-3-2-4-6-17;1-3-16-12(14)8-11(15-2)9-4-6-10(13)7-5-9/h2-10,19H,11-15H2,1H3,(H,22,23);4-7,11,13H,3,8H2,1-2H3. The lowest BCUT2D eigenvalue weighted by Crippen LogP contribution is -2.21. The lowest BCUT2D eigenvalue weighted by molar-refractivity contribution is -0.146. The zero-order valence-corrected chi connectivity index (χ0v) is 24.4. The van der Waals surface area contributed by atoms with Crippen LogP contribution in [0.25, 0.3) is 0 Å². The van der Waals surface area contributed by atoms with Crippen LogP contribution < -0.4 is 9.47 Å². The molecule has 3 aromatic rings. The molecule has 1 fully saturated rings. The molecule has 0 spiro atoms. The fraction of sp³-hybridized carbons (Fsp3) is 0.394. The third kappa shape index (κ3) is 10.7. The van der Waals surface area contributed by atoms with Gasteiger partial charge in [0.25, 0.3) is 0 Å². The number of methoxy groups -OCH3 is 2. The number of aromatic hydroxyl groups is 1. The van der Waals surface area contributed by atoms with Crippen molar-refractivity contribution in [3.05, 3.63) is 90.0 Å². The van der Waals surface area contributed by atoms with E-state index in [1.165, 1.54) is 14.2 Å². The van der Waals surface area contributed by atoms with Gasteiger partial charge < -0.3 is 33.9 Å². The van der Waals surface area contributed by atoms with Gasteiger partial charge in [-0.25, -0.2) is 0 Å². The number of para-hydroxylation sites is 1. The maximum Gasteiger partial charge on any atom is 0.308 e. The third-order valence-electron chi connectivity index (χ3n) is 6.89. The molecule has 9 nitrogen and oxygen atoms in total. The van der Waals surface area contributed by atoms with E-state index in [1.54, 1.807) is 31.2 Å². The summed E-state index contributed by atoms with van der Waals surface area (Å²) in [6.45, 7) is 3.40. The fourth-order valence-corrected chi connectivity index (χ4v) is 4.17. The predicted molar refractivity (Wildman–Crippen MR) is 157 cm³/mol. The highest BCUT2D eigenvalue weighted by Crippen LogP contribution is 2.46. The molecule has 0 amide bonds. The zero-order valence-electron chi connectivity index (χ0n) is 24.4. The maximum absolute atomic E-state index is 11.3. The molecule has 0 aliphatic heterocycles. The van der Waals surface area contributed by atoms with Crippen LogP contribution in [-0.4, -0.2) is 56.2 Å². The van der Waals surface area contributed by atoms with Crippen molar-refractivity contribution in [1.29, 1.82) is 0 Å². The molecule has 9 heteroatoms. The number of carbonyl (C=O) groups excluding carboxylic acids is 1. The van der Waals surface area contributed by atoms with Crippen molar-refractivity contribution >= 4 is 11.9 Å². The number of benzene rings is 3. The Morgan fingerprint density at radius 1 is 0.762 bits per heavy atom. The molecule has 42 heavy (non-hydrogen) atoms. The summed E-state index contributed by atoms with van der Waals surface area (Å²) in [6, 6.07) is 23.8. The second-order valence-corrected chi connectivity index (χ2v) is 10.1. The Kier molecular flexibility index (Phi) is 12.7. The molecule has 0 radical (unpaired) electrons. The molecule has 2 N–H and O–H groups in total. The molecular formula is C33H40O9. The Bertz CT molecular complexity index is 1220. The van der Waals surface area contributed by atoms with E-state index in [0.29, 0.717) is 19.8 Å². The van der Waals surface area contributed by atoms with E-state index in [0.717, 1.165) is 35.5 Å². The molecule has 0 aromatic heterocycles. The summed E-state index contributed by atoms with van der Waals surface area (Å²) in [7, 11) is 3.05. The minimum Gasteiger partial charge on any atom is -0.508 e. The van der Waals surface area contributed by atoms with Crippen LogP contribution in [0, 0.1) is 5.41 Å². The molecule has 1 aliphatic rings. The number of phenolic OH excluding ortho intramolecular Hbond substituents is 1. The Labute approximate surface area is 246 Å². The van der Waals surface area contributed by atoms with Gasteiger partial charge >= 0.3 is 11.9 Å². The number of aliphatic carboxylic acids is 1. The molecule has 4 rings (SSSR count). The van der Waals surface area contributed by atoms with Crippen LogP contribution in [0.4, 0.5) is 0 Å². The molecule has 1 saturated carbocycles. The van der Waals surface area contributed by atoms with Crippen LogP contribution in [0.15, 0.2) is 78.9 Å². The number of hydrogen-bond acceptors (Lipinski definition) is 8. The lowest BCUT2D eigenvalue weighted by atomic mass is 10.1. The Hall–Kier alpha value is -4.08. The quantitative estimate of drug-likeness (QED) is 0.205. The zero-order chi connectivity index (χ0) is 30.4. The summed E-state index contributed by atoms with van der Waals surface area (Å²) in [4.78, 5) is 22.2. The minimum atomic E-state index is -0.883. The van der Waals surface area contributed by atoms with Gasteiger partial charge in [-0.1, -0.05) is 42.5 Å². The highest BCUT2D eigenvalue weighted by molar-refractivity contribution is 5.70. The van der Waals surface area contributed by atoms with Gasteiger partial charge in [-0.3, -0.25) is 9.59 Å². The lowest BCUT2D eigenvalue weighted by Gasteiger charge is -2.18. The summed E-state index contributed by atoms with van der Waals surface area (Å²) in [5.74, 6) is 0.667. The van der Waals surface area contributed by atoms with Gasteiger partial charge in [-0.2, -0.15) is 0 Å². The van der Waals surface area contributed by atoms with Gasteiger partial charge in [0.15, 0.2) is 0 Å². The molecule has 0 heterocycles. The van der Waals surface area contributed by atoms with Crippen LogP contribution in [0.5, 0.6) is 17.2 Å². The number of hydrogen-bond donors (Lipinski definition) is 2. The molecule has 0 saturated heterocycles. The number of carboxylic acids is 1. The number of carboxylic acid groups (broad SMARTS) is 1. The maximum atomic E-state index is 11.3. The highest BCUT2D eigenvalue weighted by Gasteiger charge is 2.44. The van der Waals surface area contributed by atoms with Crippen LogP contribution in [-0.2, 0) is 23.8 Å². The average Bonchev–Trinajstić information content (AvgIpc) is 3.78. The highest BCUT2D eigenvalue weighted by atomic mass is 16.5. The predicted octanol–water partition coefficient (Wildman–Crippen LogP) is 6.12. The van der Waals surface area contributed by atoms with E-state index in [4.69, 9.17) is 33.9 Å². The van der Waals surface area contributed by atoms with Gasteiger partial charge in [0.2, 0.25) is 0 Å².